The van der Waals surface area contributed by atoms with Gasteiger partial charge in [-0.25, -0.2) is 0 Å². The van der Waals surface area contributed by atoms with Crippen molar-refractivity contribution in [1.29, 1.82) is 0 Å². The SMILES string of the molecule is CCCCC1=C2C=C(OCc3ccccc3)C(=O)N2CC[C@@H]1C. The standard InChI is InChI=1S/C20H25NO2/c1-3-4-10-17-15(2)11-12-21-18(17)13-19(20(21)22)23-14-16-8-6-5-7-9-16/h5-9,13,15H,3-4,10-12,14H2,1-2H3/t15-/m0/s1. The van der Waals surface area contributed by atoms with Gasteiger partial charge in [-0.1, -0.05) is 50.6 Å². The lowest BCUT2D eigenvalue weighted by molar-refractivity contribution is -0.128. The van der Waals surface area contributed by atoms with Crippen LogP contribution in [0.4, 0.5) is 0 Å². The van der Waals surface area contributed by atoms with E-state index in [1.165, 1.54) is 18.4 Å². The van der Waals surface area contributed by atoms with Gasteiger partial charge in [0.05, 0.1) is 0 Å². The summed E-state index contributed by atoms with van der Waals surface area (Å²) in [7, 11) is 0. The zero-order valence-corrected chi connectivity index (χ0v) is 14.0. The minimum absolute atomic E-state index is 0.0248. The average molecular weight is 311 g/mol. The van der Waals surface area contributed by atoms with E-state index in [0.29, 0.717) is 18.3 Å². The normalized spacial score (nSPS) is 20.6. The maximum absolute atomic E-state index is 12.6. The fourth-order valence-corrected chi connectivity index (χ4v) is 3.32. The van der Waals surface area contributed by atoms with Gasteiger partial charge in [0.1, 0.15) is 6.61 Å². The van der Waals surface area contributed by atoms with Gasteiger partial charge in [-0.05, 0) is 36.3 Å². The number of rotatable bonds is 6. The molecule has 2 aliphatic rings. The first-order valence-electron chi connectivity index (χ1n) is 8.64. The van der Waals surface area contributed by atoms with Crippen molar-refractivity contribution in [2.45, 2.75) is 46.1 Å². The first kappa shape index (κ1) is 15.9. The predicted octanol–water partition coefficient (Wildman–Crippen LogP) is 4.41. The monoisotopic (exact) mass is 311 g/mol. The first-order chi connectivity index (χ1) is 11.2. The largest absolute Gasteiger partial charge is 0.483 e. The number of allylic oxidation sites excluding steroid dienone is 2. The molecule has 2 aliphatic heterocycles. The van der Waals surface area contributed by atoms with Gasteiger partial charge >= 0.3 is 0 Å². The summed E-state index contributed by atoms with van der Waals surface area (Å²) in [6.07, 6.45) is 6.46. The second-order valence-electron chi connectivity index (χ2n) is 6.44. The van der Waals surface area contributed by atoms with Crippen molar-refractivity contribution in [2.24, 2.45) is 5.92 Å². The Bertz CT molecular complexity index is 630. The number of carbonyl (C=O) groups is 1. The summed E-state index contributed by atoms with van der Waals surface area (Å²) < 4.78 is 5.82. The Balaban J connectivity index is 1.78. The van der Waals surface area contributed by atoms with Crippen molar-refractivity contribution in [3.8, 4) is 0 Å². The summed E-state index contributed by atoms with van der Waals surface area (Å²) in [6.45, 7) is 5.73. The predicted molar refractivity (Wildman–Crippen MR) is 91.4 cm³/mol. The molecule has 0 saturated heterocycles. The van der Waals surface area contributed by atoms with Crippen molar-refractivity contribution in [1.82, 2.24) is 4.90 Å². The molecular formula is C20H25NO2. The number of amides is 1. The minimum Gasteiger partial charge on any atom is -0.483 e. The van der Waals surface area contributed by atoms with Crippen LogP contribution in [0.2, 0.25) is 0 Å². The molecule has 0 unspecified atom stereocenters. The van der Waals surface area contributed by atoms with Gasteiger partial charge in [-0.15, -0.1) is 0 Å². The van der Waals surface area contributed by atoms with E-state index in [-0.39, 0.29) is 5.91 Å². The van der Waals surface area contributed by atoms with Gasteiger partial charge in [0.15, 0.2) is 5.76 Å². The number of hydrogen-bond donors (Lipinski definition) is 0. The Morgan fingerprint density at radius 2 is 2.04 bits per heavy atom. The summed E-state index contributed by atoms with van der Waals surface area (Å²) in [6, 6.07) is 9.98. The highest BCUT2D eigenvalue weighted by Crippen LogP contribution is 2.36. The molecule has 0 saturated carbocycles. The van der Waals surface area contributed by atoms with Crippen LogP contribution in [-0.4, -0.2) is 17.4 Å². The third-order valence-electron chi connectivity index (χ3n) is 4.76. The topological polar surface area (TPSA) is 29.5 Å². The third-order valence-corrected chi connectivity index (χ3v) is 4.76. The zero-order chi connectivity index (χ0) is 16.2. The van der Waals surface area contributed by atoms with E-state index in [0.717, 1.165) is 30.6 Å². The van der Waals surface area contributed by atoms with Crippen molar-refractivity contribution < 1.29 is 9.53 Å². The molecule has 0 aliphatic carbocycles. The number of benzene rings is 1. The number of nitrogens with zero attached hydrogens (tertiary/aromatic N) is 1. The molecule has 0 fully saturated rings. The van der Waals surface area contributed by atoms with E-state index in [9.17, 15) is 4.79 Å². The molecule has 3 heteroatoms. The number of ether oxygens (including phenoxy) is 1. The Morgan fingerprint density at radius 3 is 2.78 bits per heavy atom. The van der Waals surface area contributed by atoms with Gasteiger partial charge in [-0.2, -0.15) is 0 Å². The average Bonchev–Trinajstić information content (AvgIpc) is 2.89. The highest BCUT2D eigenvalue weighted by molar-refractivity contribution is 5.97. The van der Waals surface area contributed by atoms with E-state index in [2.05, 4.69) is 13.8 Å². The second kappa shape index (κ2) is 7.03. The second-order valence-corrected chi connectivity index (χ2v) is 6.44. The van der Waals surface area contributed by atoms with E-state index in [4.69, 9.17) is 4.74 Å². The van der Waals surface area contributed by atoms with Crippen molar-refractivity contribution >= 4 is 5.91 Å². The van der Waals surface area contributed by atoms with Gasteiger partial charge in [0.2, 0.25) is 0 Å². The van der Waals surface area contributed by atoms with E-state index in [1.807, 2.05) is 41.3 Å². The van der Waals surface area contributed by atoms with Gasteiger partial charge in [0.25, 0.3) is 5.91 Å². The smallest absolute Gasteiger partial charge is 0.293 e. The van der Waals surface area contributed by atoms with Crippen LogP contribution in [0.3, 0.4) is 0 Å². The molecule has 0 N–H and O–H groups in total. The molecule has 2 heterocycles. The van der Waals surface area contributed by atoms with Crippen molar-refractivity contribution in [2.75, 3.05) is 6.54 Å². The Labute approximate surface area is 138 Å². The highest BCUT2D eigenvalue weighted by Gasteiger charge is 2.35. The quantitative estimate of drug-likeness (QED) is 0.778. The summed E-state index contributed by atoms with van der Waals surface area (Å²) in [5.74, 6) is 1.08. The maximum Gasteiger partial charge on any atom is 0.293 e. The fraction of sp³-hybridized carbons (Fsp3) is 0.450. The Morgan fingerprint density at radius 1 is 1.26 bits per heavy atom. The van der Waals surface area contributed by atoms with Crippen molar-refractivity contribution in [3.63, 3.8) is 0 Å². The molecule has 0 radical (unpaired) electrons. The van der Waals surface area contributed by atoms with Crippen molar-refractivity contribution in [3.05, 3.63) is 59.0 Å². The van der Waals surface area contributed by atoms with Crippen LogP contribution < -0.4 is 0 Å². The fourth-order valence-electron chi connectivity index (χ4n) is 3.32. The van der Waals surface area contributed by atoms with E-state index in [1.54, 1.807) is 0 Å². The molecule has 3 rings (SSSR count). The molecule has 0 spiro atoms. The molecule has 23 heavy (non-hydrogen) atoms. The highest BCUT2D eigenvalue weighted by atomic mass is 16.5. The van der Waals surface area contributed by atoms with Crippen LogP contribution in [0.1, 0.15) is 45.1 Å². The van der Waals surface area contributed by atoms with Gasteiger partial charge in [0, 0.05) is 18.3 Å². The zero-order valence-electron chi connectivity index (χ0n) is 14.0. The molecule has 1 aromatic carbocycles. The number of hydrogen-bond acceptors (Lipinski definition) is 2. The summed E-state index contributed by atoms with van der Waals surface area (Å²) in [4.78, 5) is 14.5. The summed E-state index contributed by atoms with van der Waals surface area (Å²) in [5.41, 5.74) is 3.61. The number of carbonyl (C=O) groups excluding carboxylic acids is 1. The first-order valence-corrected chi connectivity index (χ1v) is 8.64. The lowest BCUT2D eigenvalue weighted by Gasteiger charge is -2.31. The van der Waals surface area contributed by atoms with Gasteiger partial charge < -0.3 is 9.64 Å². The van der Waals surface area contributed by atoms with E-state index < -0.39 is 0 Å². The lowest BCUT2D eigenvalue weighted by atomic mass is 9.88. The molecule has 0 aromatic heterocycles. The van der Waals surface area contributed by atoms with Crippen LogP contribution in [0.15, 0.2) is 53.4 Å². The lowest BCUT2D eigenvalue weighted by Crippen LogP contribution is -2.33. The molecule has 1 aromatic rings. The summed E-state index contributed by atoms with van der Waals surface area (Å²) >= 11 is 0. The summed E-state index contributed by atoms with van der Waals surface area (Å²) in [5, 5.41) is 0. The van der Waals surface area contributed by atoms with Crippen LogP contribution in [-0.2, 0) is 16.1 Å². The van der Waals surface area contributed by atoms with Crippen LogP contribution in [0, 0.1) is 5.92 Å². The third kappa shape index (κ3) is 3.34. The molecule has 1 atom stereocenters. The molecule has 122 valence electrons. The van der Waals surface area contributed by atoms with Crippen LogP contribution in [0.25, 0.3) is 0 Å². The molecular weight excluding hydrogens is 286 g/mol. The number of unbranched alkanes of at least 4 members (excludes halogenated alkanes) is 1. The molecule has 1 amide bonds. The van der Waals surface area contributed by atoms with Crippen LogP contribution in [0.5, 0.6) is 0 Å². The molecule has 3 nitrogen and oxygen atoms in total. The number of fused-ring (bicyclic) bond motifs is 1. The Hall–Kier alpha value is -2.03. The molecule has 0 bridgehead atoms. The maximum atomic E-state index is 12.6. The van der Waals surface area contributed by atoms with E-state index >= 15 is 0 Å². The minimum atomic E-state index is 0.0248. The van der Waals surface area contributed by atoms with Gasteiger partial charge in [-0.3, -0.25) is 4.79 Å². The Kier molecular flexibility index (Phi) is 4.85. The van der Waals surface area contributed by atoms with Crippen LogP contribution >= 0.6 is 0 Å².